The van der Waals surface area contributed by atoms with Crippen molar-refractivity contribution in [3.05, 3.63) is 90.0 Å². The number of H-pyrrole nitrogens is 1. The highest BCUT2D eigenvalue weighted by Gasteiger charge is 2.24. The Morgan fingerprint density at radius 1 is 1.07 bits per heavy atom. The summed E-state index contributed by atoms with van der Waals surface area (Å²) in [7, 11) is 1.65. The molecule has 142 valence electrons. The molecule has 5 nitrogen and oxygen atoms in total. The maximum atomic E-state index is 12.7. The summed E-state index contributed by atoms with van der Waals surface area (Å²) in [4.78, 5) is 16.1. The number of benzene rings is 2. The molecule has 28 heavy (non-hydrogen) atoms. The van der Waals surface area contributed by atoms with E-state index in [0.717, 1.165) is 33.5 Å². The van der Waals surface area contributed by atoms with Gasteiger partial charge in [0.25, 0.3) is 0 Å². The van der Waals surface area contributed by atoms with Crippen molar-refractivity contribution in [2.75, 3.05) is 7.11 Å². The second-order valence-electron chi connectivity index (χ2n) is 6.64. The van der Waals surface area contributed by atoms with Gasteiger partial charge in [-0.15, -0.1) is 0 Å². The highest BCUT2D eigenvalue weighted by molar-refractivity contribution is 5.86. The second-order valence-corrected chi connectivity index (χ2v) is 6.64. The number of hydrogen-bond acceptors (Lipinski definition) is 3. The molecular formula is C23H22N2O3. The van der Waals surface area contributed by atoms with Crippen molar-refractivity contribution in [3.8, 4) is 5.75 Å². The van der Waals surface area contributed by atoms with Gasteiger partial charge >= 0.3 is 0 Å². The number of carbonyl (C=O) groups excluding carboxylic acids is 1. The average Bonchev–Trinajstić information content (AvgIpc) is 3.40. The Balaban J connectivity index is 1.66. The van der Waals surface area contributed by atoms with Crippen LogP contribution in [0.4, 0.5) is 0 Å². The van der Waals surface area contributed by atoms with Gasteiger partial charge in [-0.1, -0.05) is 36.4 Å². The molecule has 0 spiro atoms. The zero-order chi connectivity index (χ0) is 19.3. The lowest BCUT2D eigenvalue weighted by Gasteiger charge is -2.19. The first kappa shape index (κ1) is 17.9. The lowest BCUT2D eigenvalue weighted by molar-refractivity contribution is -0.121. The molecule has 0 unspecified atom stereocenters. The fourth-order valence-electron chi connectivity index (χ4n) is 3.58. The van der Waals surface area contributed by atoms with Crippen LogP contribution in [0.3, 0.4) is 0 Å². The predicted molar refractivity (Wildman–Crippen MR) is 108 cm³/mol. The largest absolute Gasteiger partial charge is 0.496 e. The van der Waals surface area contributed by atoms with E-state index >= 15 is 0 Å². The molecule has 1 atom stereocenters. The van der Waals surface area contributed by atoms with Gasteiger partial charge in [0.2, 0.25) is 5.91 Å². The lowest BCUT2D eigenvalue weighted by Crippen LogP contribution is -2.24. The van der Waals surface area contributed by atoms with Crippen LogP contribution in [0.5, 0.6) is 5.75 Å². The van der Waals surface area contributed by atoms with E-state index < -0.39 is 0 Å². The number of hydrogen-bond donors (Lipinski definition) is 2. The van der Waals surface area contributed by atoms with Crippen LogP contribution >= 0.6 is 0 Å². The number of fused-ring (bicyclic) bond motifs is 1. The fraction of sp³-hybridized carbons (Fsp3) is 0.174. The van der Waals surface area contributed by atoms with E-state index in [0.29, 0.717) is 13.0 Å². The zero-order valence-corrected chi connectivity index (χ0v) is 15.6. The Hall–Kier alpha value is -3.47. The van der Waals surface area contributed by atoms with Gasteiger partial charge in [0, 0.05) is 35.0 Å². The Morgan fingerprint density at radius 2 is 1.89 bits per heavy atom. The van der Waals surface area contributed by atoms with E-state index in [1.807, 2.05) is 60.8 Å². The van der Waals surface area contributed by atoms with Crippen LogP contribution in [0.2, 0.25) is 0 Å². The van der Waals surface area contributed by atoms with E-state index in [9.17, 15) is 4.79 Å². The van der Waals surface area contributed by atoms with Gasteiger partial charge in [-0.2, -0.15) is 0 Å². The summed E-state index contributed by atoms with van der Waals surface area (Å²) in [5, 5.41) is 4.06. The fourth-order valence-corrected chi connectivity index (χ4v) is 3.58. The standard InChI is InChI=1S/C23H22N2O3/c1-27-22-11-5-3-9-18(22)19(13-23(26)25-14-16-7-6-12-28-16)20-15-24-21-10-4-2-8-17(20)21/h2-12,15,19,24H,13-14H2,1H3,(H,25,26)/t19-/m0/s1. The van der Waals surface area contributed by atoms with Crippen molar-refractivity contribution in [2.24, 2.45) is 0 Å². The number of aromatic amines is 1. The van der Waals surface area contributed by atoms with E-state index in [1.54, 1.807) is 13.4 Å². The summed E-state index contributed by atoms with van der Waals surface area (Å²) in [6, 6.07) is 19.6. The van der Waals surface area contributed by atoms with Gasteiger partial charge in [0.05, 0.1) is 19.9 Å². The molecule has 1 amide bonds. The summed E-state index contributed by atoms with van der Waals surface area (Å²) in [5.74, 6) is 1.33. The van der Waals surface area contributed by atoms with Crippen molar-refractivity contribution >= 4 is 16.8 Å². The molecule has 0 saturated carbocycles. The Labute approximate surface area is 163 Å². The summed E-state index contributed by atoms with van der Waals surface area (Å²) in [6.07, 6.45) is 3.90. The lowest BCUT2D eigenvalue weighted by atomic mass is 9.87. The van der Waals surface area contributed by atoms with Crippen LogP contribution in [0.15, 0.2) is 77.5 Å². The number of para-hydroxylation sites is 2. The first-order valence-corrected chi connectivity index (χ1v) is 9.24. The third-order valence-electron chi connectivity index (χ3n) is 4.94. The minimum Gasteiger partial charge on any atom is -0.496 e. The topological polar surface area (TPSA) is 67.3 Å². The summed E-state index contributed by atoms with van der Waals surface area (Å²) < 4.78 is 10.9. The number of rotatable bonds is 7. The van der Waals surface area contributed by atoms with Crippen LogP contribution in [0.1, 0.15) is 29.2 Å². The number of carbonyl (C=O) groups is 1. The Kier molecular flexibility index (Phi) is 5.15. The minimum atomic E-state index is -0.135. The average molecular weight is 374 g/mol. The molecule has 4 rings (SSSR count). The van der Waals surface area contributed by atoms with Crippen LogP contribution < -0.4 is 10.1 Å². The van der Waals surface area contributed by atoms with Crippen LogP contribution in [-0.4, -0.2) is 18.0 Å². The number of furan rings is 1. The minimum absolute atomic E-state index is 0.0439. The van der Waals surface area contributed by atoms with Crippen molar-refractivity contribution in [1.82, 2.24) is 10.3 Å². The zero-order valence-electron chi connectivity index (χ0n) is 15.6. The summed E-state index contributed by atoms with van der Waals surface area (Å²) in [5.41, 5.74) is 3.12. The molecule has 2 heterocycles. The molecule has 2 aromatic carbocycles. The summed E-state index contributed by atoms with van der Waals surface area (Å²) in [6.45, 7) is 0.373. The molecule has 2 aromatic heterocycles. The van der Waals surface area contributed by atoms with Gasteiger partial charge in [-0.25, -0.2) is 0 Å². The molecule has 5 heteroatoms. The summed E-state index contributed by atoms with van der Waals surface area (Å²) >= 11 is 0. The number of methoxy groups -OCH3 is 1. The highest BCUT2D eigenvalue weighted by atomic mass is 16.5. The van der Waals surface area contributed by atoms with Gasteiger partial charge in [-0.3, -0.25) is 4.79 Å². The molecule has 0 aliphatic rings. The van der Waals surface area contributed by atoms with E-state index in [4.69, 9.17) is 9.15 Å². The maximum absolute atomic E-state index is 12.7. The van der Waals surface area contributed by atoms with Crippen LogP contribution in [-0.2, 0) is 11.3 Å². The first-order chi connectivity index (χ1) is 13.8. The smallest absolute Gasteiger partial charge is 0.221 e. The third-order valence-corrected chi connectivity index (χ3v) is 4.94. The van der Waals surface area contributed by atoms with Crippen molar-refractivity contribution in [3.63, 3.8) is 0 Å². The molecule has 4 aromatic rings. The van der Waals surface area contributed by atoms with Crippen molar-refractivity contribution < 1.29 is 13.9 Å². The molecule has 0 aliphatic carbocycles. The quantitative estimate of drug-likeness (QED) is 0.496. The maximum Gasteiger partial charge on any atom is 0.221 e. The van der Waals surface area contributed by atoms with E-state index in [1.165, 1.54) is 0 Å². The van der Waals surface area contributed by atoms with Crippen molar-refractivity contribution in [2.45, 2.75) is 18.9 Å². The highest BCUT2D eigenvalue weighted by Crippen LogP contribution is 2.37. The third kappa shape index (κ3) is 3.64. The van der Waals surface area contributed by atoms with Crippen LogP contribution in [0, 0.1) is 0 Å². The van der Waals surface area contributed by atoms with Crippen molar-refractivity contribution in [1.29, 1.82) is 0 Å². The Bertz CT molecular complexity index is 1070. The van der Waals surface area contributed by atoms with Gasteiger partial charge < -0.3 is 19.5 Å². The monoisotopic (exact) mass is 374 g/mol. The van der Waals surface area contributed by atoms with E-state index in [-0.39, 0.29) is 11.8 Å². The van der Waals surface area contributed by atoms with Crippen LogP contribution in [0.25, 0.3) is 10.9 Å². The SMILES string of the molecule is COc1ccccc1[C@H](CC(=O)NCc1ccco1)c1c[nH]c2ccccc12. The molecule has 2 N–H and O–H groups in total. The molecule has 0 radical (unpaired) electrons. The molecule has 0 aliphatic heterocycles. The Morgan fingerprint density at radius 3 is 2.71 bits per heavy atom. The molecule has 0 bridgehead atoms. The first-order valence-electron chi connectivity index (χ1n) is 9.24. The molecule has 0 fully saturated rings. The molecular weight excluding hydrogens is 352 g/mol. The van der Waals surface area contributed by atoms with Gasteiger partial charge in [-0.05, 0) is 29.8 Å². The second kappa shape index (κ2) is 8.05. The van der Waals surface area contributed by atoms with Gasteiger partial charge in [0.1, 0.15) is 11.5 Å². The molecule has 0 saturated heterocycles. The number of amides is 1. The normalized spacial score (nSPS) is 12.0. The number of aromatic nitrogens is 1. The predicted octanol–water partition coefficient (Wildman–Crippen LogP) is 4.61. The van der Waals surface area contributed by atoms with Gasteiger partial charge in [0.15, 0.2) is 0 Å². The number of ether oxygens (including phenoxy) is 1. The van der Waals surface area contributed by atoms with E-state index in [2.05, 4.69) is 16.4 Å². The number of nitrogens with one attached hydrogen (secondary N) is 2.